The fourth-order valence-corrected chi connectivity index (χ4v) is 3.84. The molecule has 2 aromatic heterocycles. The van der Waals surface area contributed by atoms with Gasteiger partial charge in [0.2, 0.25) is 0 Å². The molecule has 1 aliphatic rings. The van der Waals surface area contributed by atoms with Crippen LogP contribution in [0.3, 0.4) is 0 Å². The standard InChI is InChI=1S/C20H24ClF3N4O2/c1-19(2,3)17-12(5-4-8-30-17)9-25-14-11-27-28(18(29)16(14)21)15-7-6-13(10-26-15)20(22,23)24/h6-7,10-12,17,25H,4-5,8-9H2,1-3H3. The number of pyridine rings is 1. The number of anilines is 1. The number of halogens is 4. The first-order chi connectivity index (χ1) is 14.0. The second kappa shape index (κ2) is 8.55. The highest BCUT2D eigenvalue weighted by atomic mass is 35.5. The maximum Gasteiger partial charge on any atom is 0.417 e. The van der Waals surface area contributed by atoms with Crippen LogP contribution in [0.25, 0.3) is 5.82 Å². The van der Waals surface area contributed by atoms with Gasteiger partial charge in [0, 0.05) is 25.3 Å². The Hall–Kier alpha value is -2.13. The molecule has 2 atom stereocenters. The van der Waals surface area contributed by atoms with Crippen LogP contribution < -0.4 is 10.9 Å². The predicted octanol–water partition coefficient (Wildman–Crippen LogP) is 4.55. The topological polar surface area (TPSA) is 69.0 Å². The van der Waals surface area contributed by atoms with Gasteiger partial charge in [-0.05, 0) is 30.4 Å². The molecule has 1 N–H and O–H groups in total. The molecule has 1 saturated heterocycles. The Morgan fingerprint density at radius 3 is 2.60 bits per heavy atom. The fraction of sp³-hybridized carbons (Fsp3) is 0.550. The highest BCUT2D eigenvalue weighted by Crippen LogP contribution is 2.34. The van der Waals surface area contributed by atoms with Gasteiger partial charge in [-0.2, -0.15) is 23.0 Å². The molecule has 0 amide bonds. The molecule has 2 unspecified atom stereocenters. The van der Waals surface area contributed by atoms with Crippen molar-refractivity contribution in [2.24, 2.45) is 11.3 Å². The van der Waals surface area contributed by atoms with Crippen LogP contribution in [0.5, 0.6) is 0 Å². The van der Waals surface area contributed by atoms with Crippen LogP contribution in [0, 0.1) is 11.3 Å². The molecule has 1 fully saturated rings. The minimum Gasteiger partial charge on any atom is -0.382 e. The number of aromatic nitrogens is 3. The Bertz CT molecular complexity index is 939. The maximum atomic E-state index is 12.7. The summed E-state index contributed by atoms with van der Waals surface area (Å²) in [6.07, 6.45) is -0.456. The second-order valence-electron chi connectivity index (χ2n) is 8.43. The van der Waals surface area contributed by atoms with Gasteiger partial charge in [0.1, 0.15) is 5.02 Å². The molecule has 164 valence electrons. The summed E-state index contributed by atoms with van der Waals surface area (Å²) in [5, 5.41) is 7.09. The van der Waals surface area contributed by atoms with Crippen LogP contribution in [-0.2, 0) is 10.9 Å². The summed E-state index contributed by atoms with van der Waals surface area (Å²) in [7, 11) is 0. The Kier molecular flexibility index (Phi) is 6.43. The molecule has 0 aromatic carbocycles. The zero-order chi connectivity index (χ0) is 22.1. The Balaban J connectivity index is 1.77. The van der Waals surface area contributed by atoms with Gasteiger partial charge >= 0.3 is 6.18 Å². The molecule has 0 radical (unpaired) electrons. The van der Waals surface area contributed by atoms with Crippen molar-refractivity contribution in [2.45, 2.75) is 45.9 Å². The van der Waals surface area contributed by atoms with Crippen molar-refractivity contribution in [2.75, 3.05) is 18.5 Å². The largest absolute Gasteiger partial charge is 0.417 e. The van der Waals surface area contributed by atoms with Gasteiger partial charge in [0.25, 0.3) is 5.56 Å². The van der Waals surface area contributed by atoms with E-state index in [-0.39, 0.29) is 28.3 Å². The van der Waals surface area contributed by atoms with E-state index in [1.165, 1.54) is 6.20 Å². The summed E-state index contributed by atoms with van der Waals surface area (Å²) in [4.78, 5) is 16.3. The summed E-state index contributed by atoms with van der Waals surface area (Å²) in [5.74, 6) is 0.198. The smallest absolute Gasteiger partial charge is 0.382 e. The highest BCUT2D eigenvalue weighted by molar-refractivity contribution is 6.32. The molecule has 1 aliphatic heterocycles. The van der Waals surface area contributed by atoms with E-state index in [0.717, 1.165) is 36.3 Å². The van der Waals surface area contributed by atoms with Crippen LogP contribution in [0.2, 0.25) is 5.02 Å². The Morgan fingerprint density at radius 2 is 2.00 bits per heavy atom. The lowest BCUT2D eigenvalue weighted by Gasteiger charge is -2.40. The molecule has 6 nitrogen and oxygen atoms in total. The van der Waals surface area contributed by atoms with Gasteiger partial charge in [-0.1, -0.05) is 32.4 Å². The lowest BCUT2D eigenvalue weighted by Crippen LogP contribution is -2.42. The monoisotopic (exact) mass is 444 g/mol. The van der Waals surface area contributed by atoms with Crippen LogP contribution >= 0.6 is 11.6 Å². The molecular weight excluding hydrogens is 421 g/mol. The van der Waals surface area contributed by atoms with E-state index < -0.39 is 17.3 Å². The van der Waals surface area contributed by atoms with Crippen LogP contribution in [-0.4, -0.2) is 34.0 Å². The average Bonchev–Trinajstić information content (AvgIpc) is 2.68. The predicted molar refractivity (Wildman–Crippen MR) is 108 cm³/mol. The average molecular weight is 445 g/mol. The van der Waals surface area contributed by atoms with Crippen molar-refractivity contribution in [1.29, 1.82) is 0 Å². The van der Waals surface area contributed by atoms with Gasteiger partial charge in [-0.3, -0.25) is 4.79 Å². The zero-order valence-electron chi connectivity index (χ0n) is 17.0. The summed E-state index contributed by atoms with van der Waals surface area (Å²) in [5.41, 5.74) is -1.23. The molecular formula is C20H24ClF3N4O2. The number of alkyl halides is 3. The molecule has 0 aliphatic carbocycles. The molecule has 30 heavy (non-hydrogen) atoms. The third-order valence-electron chi connectivity index (χ3n) is 5.06. The van der Waals surface area contributed by atoms with E-state index in [4.69, 9.17) is 16.3 Å². The lowest BCUT2D eigenvalue weighted by atomic mass is 9.78. The van der Waals surface area contributed by atoms with E-state index in [2.05, 4.69) is 36.2 Å². The first kappa shape index (κ1) is 22.6. The van der Waals surface area contributed by atoms with Crippen molar-refractivity contribution in [3.8, 4) is 5.82 Å². The number of hydrogen-bond donors (Lipinski definition) is 1. The first-order valence-electron chi connectivity index (χ1n) is 9.65. The Labute approximate surface area is 177 Å². The lowest BCUT2D eigenvalue weighted by molar-refractivity contribution is -0.137. The van der Waals surface area contributed by atoms with Crippen LogP contribution in [0.15, 0.2) is 29.3 Å². The van der Waals surface area contributed by atoms with Crippen molar-refractivity contribution < 1.29 is 17.9 Å². The molecule has 10 heteroatoms. The quantitative estimate of drug-likeness (QED) is 0.749. The highest BCUT2D eigenvalue weighted by Gasteiger charge is 2.35. The normalized spacial score (nSPS) is 20.2. The van der Waals surface area contributed by atoms with Gasteiger partial charge in [0.15, 0.2) is 5.82 Å². The number of ether oxygens (including phenoxy) is 1. The number of hydrogen-bond acceptors (Lipinski definition) is 5. The second-order valence-corrected chi connectivity index (χ2v) is 8.81. The van der Waals surface area contributed by atoms with E-state index >= 15 is 0 Å². The summed E-state index contributed by atoms with van der Waals surface area (Å²) < 4.78 is 44.9. The molecule has 3 rings (SSSR count). The van der Waals surface area contributed by atoms with E-state index in [0.29, 0.717) is 18.4 Å². The first-order valence-corrected chi connectivity index (χ1v) is 10.0. The van der Waals surface area contributed by atoms with E-state index in [1.54, 1.807) is 0 Å². The van der Waals surface area contributed by atoms with Gasteiger partial charge in [0.05, 0.1) is 23.6 Å². The summed E-state index contributed by atoms with van der Waals surface area (Å²) in [6.45, 7) is 7.68. The third kappa shape index (κ3) is 4.95. The van der Waals surface area contributed by atoms with Crippen molar-refractivity contribution >= 4 is 17.3 Å². The SMILES string of the molecule is CC(C)(C)C1OCCCC1CNc1cnn(-c2ccc(C(F)(F)F)cn2)c(=O)c1Cl. The molecule has 0 bridgehead atoms. The Morgan fingerprint density at radius 1 is 1.27 bits per heavy atom. The maximum absolute atomic E-state index is 12.7. The van der Waals surface area contributed by atoms with Crippen molar-refractivity contribution in [3.05, 3.63) is 45.5 Å². The van der Waals surface area contributed by atoms with Gasteiger partial charge in [-0.15, -0.1) is 0 Å². The summed E-state index contributed by atoms with van der Waals surface area (Å²) >= 11 is 6.22. The molecule has 2 aromatic rings. The van der Waals surface area contributed by atoms with Gasteiger partial charge in [-0.25, -0.2) is 4.98 Å². The van der Waals surface area contributed by atoms with Crippen molar-refractivity contribution in [1.82, 2.24) is 14.8 Å². The fourth-order valence-electron chi connectivity index (χ4n) is 3.65. The minimum atomic E-state index is -4.51. The van der Waals surface area contributed by atoms with E-state index in [9.17, 15) is 18.0 Å². The van der Waals surface area contributed by atoms with E-state index in [1.807, 2.05) is 0 Å². The molecule has 0 saturated carbocycles. The summed E-state index contributed by atoms with van der Waals surface area (Å²) in [6, 6.07) is 1.92. The molecule has 3 heterocycles. The number of nitrogens with one attached hydrogen (secondary N) is 1. The van der Waals surface area contributed by atoms with Gasteiger partial charge < -0.3 is 10.1 Å². The van der Waals surface area contributed by atoms with Crippen LogP contribution in [0.1, 0.15) is 39.2 Å². The number of rotatable bonds is 4. The zero-order valence-corrected chi connectivity index (χ0v) is 17.7. The number of nitrogens with zero attached hydrogens (tertiary/aromatic N) is 3. The third-order valence-corrected chi connectivity index (χ3v) is 5.43. The minimum absolute atomic E-state index is 0.0214. The van der Waals surface area contributed by atoms with Crippen molar-refractivity contribution in [3.63, 3.8) is 0 Å². The molecule has 0 spiro atoms. The van der Waals surface area contributed by atoms with Crippen LogP contribution in [0.4, 0.5) is 18.9 Å².